The van der Waals surface area contributed by atoms with Crippen LogP contribution in [0.25, 0.3) is 0 Å². The van der Waals surface area contributed by atoms with Crippen molar-refractivity contribution < 1.29 is 28.4 Å². The SMILES string of the molecule is CC1(C)Oc2ccc(C#N)cc2C(N2CCCC2=O)[C@@H]1OP(=O)(O)O. The highest BCUT2D eigenvalue weighted by Crippen LogP contribution is 2.51. The molecule has 0 saturated carbocycles. The van der Waals surface area contributed by atoms with Crippen LogP contribution in [0.1, 0.15) is 43.9 Å². The van der Waals surface area contributed by atoms with Crippen LogP contribution in [0.2, 0.25) is 0 Å². The van der Waals surface area contributed by atoms with Crippen LogP contribution >= 0.6 is 7.82 Å². The normalized spacial score (nSPS) is 25.2. The molecule has 1 amide bonds. The van der Waals surface area contributed by atoms with Crippen molar-refractivity contribution in [3.05, 3.63) is 29.3 Å². The molecule has 2 aliphatic heterocycles. The Kier molecular flexibility index (Phi) is 4.38. The summed E-state index contributed by atoms with van der Waals surface area (Å²) in [5, 5.41) is 9.17. The number of nitriles is 1. The summed E-state index contributed by atoms with van der Waals surface area (Å²) in [5.74, 6) is 0.356. The molecule has 2 heterocycles. The van der Waals surface area contributed by atoms with Crippen molar-refractivity contribution >= 4 is 13.7 Å². The zero-order valence-corrected chi connectivity index (χ0v) is 14.8. The van der Waals surface area contributed by atoms with Crippen LogP contribution in [0.3, 0.4) is 0 Å². The first-order valence-electron chi connectivity index (χ1n) is 7.89. The summed E-state index contributed by atoms with van der Waals surface area (Å²) < 4.78 is 22.5. The lowest BCUT2D eigenvalue weighted by Gasteiger charge is -2.47. The molecule has 1 fully saturated rings. The van der Waals surface area contributed by atoms with Gasteiger partial charge < -0.3 is 19.4 Å². The van der Waals surface area contributed by atoms with E-state index in [0.29, 0.717) is 36.3 Å². The van der Waals surface area contributed by atoms with E-state index in [1.807, 2.05) is 6.07 Å². The Hall–Kier alpha value is -1.91. The molecule has 0 bridgehead atoms. The highest BCUT2D eigenvalue weighted by molar-refractivity contribution is 7.46. The molecule has 1 aromatic rings. The lowest BCUT2D eigenvalue weighted by molar-refractivity contribution is -0.138. The Morgan fingerprint density at radius 2 is 2.16 bits per heavy atom. The third-order valence-electron chi connectivity index (χ3n) is 4.50. The van der Waals surface area contributed by atoms with Crippen LogP contribution < -0.4 is 4.74 Å². The van der Waals surface area contributed by atoms with Crippen LogP contribution in [0.5, 0.6) is 5.75 Å². The van der Waals surface area contributed by atoms with E-state index in [2.05, 4.69) is 0 Å². The number of fused-ring (bicyclic) bond motifs is 1. The van der Waals surface area contributed by atoms with Crippen LogP contribution in [-0.2, 0) is 13.9 Å². The Bertz CT molecular complexity index is 796. The summed E-state index contributed by atoms with van der Waals surface area (Å²) >= 11 is 0. The molecule has 1 saturated heterocycles. The largest absolute Gasteiger partial charge is 0.485 e. The molecule has 0 aliphatic carbocycles. The van der Waals surface area contributed by atoms with Gasteiger partial charge in [-0.2, -0.15) is 5.26 Å². The predicted octanol–water partition coefficient (Wildman–Crippen LogP) is 1.87. The first-order chi connectivity index (χ1) is 11.6. The van der Waals surface area contributed by atoms with Crippen molar-refractivity contribution in [3.8, 4) is 11.8 Å². The molecule has 1 aromatic carbocycles. The number of carbonyl (C=O) groups is 1. The monoisotopic (exact) mass is 366 g/mol. The number of benzene rings is 1. The molecule has 2 aliphatic rings. The number of hydrogen-bond donors (Lipinski definition) is 2. The van der Waals surface area contributed by atoms with E-state index < -0.39 is 25.6 Å². The molecule has 25 heavy (non-hydrogen) atoms. The van der Waals surface area contributed by atoms with Crippen molar-refractivity contribution in [2.75, 3.05) is 6.54 Å². The van der Waals surface area contributed by atoms with Gasteiger partial charge in [-0.05, 0) is 38.5 Å². The summed E-state index contributed by atoms with van der Waals surface area (Å²) in [6.07, 6.45) is -0.0583. The molecule has 2 atom stereocenters. The van der Waals surface area contributed by atoms with Gasteiger partial charge in [0.15, 0.2) is 0 Å². The van der Waals surface area contributed by atoms with Gasteiger partial charge in [0.2, 0.25) is 5.91 Å². The van der Waals surface area contributed by atoms with Gasteiger partial charge in [0, 0.05) is 18.5 Å². The van der Waals surface area contributed by atoms with Gasteiger partial charge >= 0.3 is 7.82 Å². The molecular formula is C16H19N2O6P. The van der Waals surface area contributed by atoms with Gasteiger partial charge in [-0.1, -0.05) is 0 Å². The van der Waals surface area contributed by atoms with Crippen LogP contribution in [0.15, 0.2) is 18.2 Å². The van der Waals surface area contributed by atoms with Gasteiger partial charge in [-0.3, -0.25) is 9.32 Å². The average molecular weight is 366 g/mol. The number of phosphoric acid groups is 1. The maximum Gasteiger partial charge on any atom is 0.470 e. The van der Waals surface area contributed by atoms with Crippen molar-refractivity contribution in [2.45, 2.75) is 44.4 Å². The van der Waals surface area contributed by atoms with E-state index >= 15 is 0 Å². The second-order valence-corrected chi connectivity index (χ2v) is 7.91. The second kappa shape index (κ2) is 6.11. The Morgan fingerprint density at radius 3 is 2.72 bits per heavy atom. The van der Waals surface area contributed by atoms with Crippen molar-refractivity contribution in [2.24, 2.45) is 0 Å². The number of phosphoric ester groups is 1. The lowest BCUT2D eigenvalue weighted by atomic mass is 9.85. The van der Waals surface area contributed by atoms with Crippen LogP contribution in [0.4, 0.5) is 0 Å². The molecule has 9 heteroatoms. The number of carbonyl (C=O) groups excluding carboxylic acids is 1. The predicted molar refractivity (Wildman–Crippen MR) is 86.5 cm³/mol. The van der Waals surface area contributed by atoms with E-state index in [-0.39, 0.29) is 5.91 Å². The van der Waals surface area contributed by atoms with Gasteiger partial charge in [-0.15, -0.1) is 0 Å². The summed E-state index contributed by atoms with van der Waals surface area (Å²) in [6, 6.07) is 6.10. The van der Waals surface area contributed by atoms with E-state index in [1.165, 1.54) is 0 Å². The van der Waals surface area contributed by atoms with E-state index in [1.54, 1.807) is 36.9 Å². The van der Waals surface area contributed by atoms with Gasteiger partial charge in [0.1, 0.15) is 17.5 Å². The molecular weight excluding hydrogens is 347 g/mol. The number of nitrogens with zero attached hydrogens (tertiary/aromatic N) is 2. The van der Waals surface area contributed by atoms with Crippen molar-refractivity contribution in [1.82, 2.24) is 4.90 Å². The van der Waals surface area contributed by atoms with E-state index in [4.69, 9.17) is 9.26 Å². The van der Waals surface area contributed by atoms with E-state index in [9.17, 15) is 24.4 Å². The fourth-order valence-corrected chi connectivity index (χ4v) is 4.12. The van der Waals surface area contributed by atoms with Crippen molar-refractivity contribution in [3.63, 3.8) is 0 Å². The molecule has 3 rings (SSSR count). The van der Waals surface area contributed by atoms with Crippen molar-refractivity contribution in [1.29, 1.82) is 5.26 Å². The minimum atomic E-state index is -4.83. The quantitative estimate of drug-likeness (QED) is 0.784. The number of rotatable bonds is 3. The minimum absolute atomic E-state index is 0.115. The summed E-state index contributed by atoms with van der Waals surface area (Å²) in [4.78, 5) is 32.6. The topological polar surface area (TPSA) is 120 Å². The highest BCUT2D eigenvalue weighted by atomic mass is 31.2. The third-order valence-corrected chi connectivity index (χ3v) is 5.00. The first kappa shape index (κ1) is 17.9. The third kappa shape index (κ3) is 3.42. The molecule has 0 radical (unpaired) electrons. The number of ether oxygens (including phenoxy) is 1. The molecule has 2 N–H and O–H groups in total. The van der Waals surface area contributed by atoms with Gasteiger partial charge in [0.05, 0.1) is 17.7 Å². The molecule has 1 unspecified atom stereocenters. The van der Waals surface area contributed by atoms with Crippen LogP contribution in [-0.4, -0.2) is 38.8 Å². The lowest BCUT2D eigenvalue weighted by Crippen LogP contribution is -2.54. The highest BCUT2D eigenvalue weighted by Gasteiger charge is 2.51. The average Bonchev–Trinajstić information content (AvgIpc) is 2.92. The zero-order chi connectivity index (χ0) is 18.4. The number of likely N-dealkylation sites (tertiary alicyclic amines) is 1. The molecule has 0 aromatic heterocycles. The maximum absolute atomic E-state index is 12.3. The molecule has 0 spiro atoms. The second-order valence-electron chi connectivity index (χ2n) is 6.72. The van der Waals surface area contributed by atoms with Crippen LogP contribution in [0, 0.1) is 11.3 Å². The number of hydrogen-bond acceptors (Lipinski definition) is 5. The summed E-state index contributed by atoms with van der Waals surface area (Å²) in [6.45, 7) is 3.76. The maximum atomic E-state index is 12.3. The summed E-state index contributed by atoms with van der Waals surface area (Å²) in [5.41, 5.74) is -0.198. The Labute approximate surface area is 145 Å². The molecule has 134 valence electrons. The first-order valence-corrected chi connectivity index (χ1v) is 9.42. The van der Waals surface area contributed by atoms with Gasteiger partial charge in [0.25, 0.3) is 0 Å². The smallest absolute Gasteiger partial charge is 0.470 e. The standard InChI is InChI=1S/C16H19N2O6P/c1-16(2)15(24-25(20,21)22)14(18-7-3-4-13(18)19)11-8-10(9-17)5-6-12(11)23-16/h5-6,8,14-15H,3-4,7H2,1-2H3,(H2,20,21,22)/t14?,15-/m0/s1. The zero-order valence-electron chi connectivity index (χ0n) is 13.9. The molecule has 8 nitrogen and oxygen atoms in total. The van der Waals surface area contributed by atoms with Gasteiger partial charge in [-0.25, -0.2) is 4.57 Å². The Balaban J connectivity index is 2.16. The number of amides is 1. The Morgan fingerprint density at radius 1 is 1.44 bits per heavy atom. The fourth-order valence-electron chi connectivity index (χ4n) is 3.45. The summed E-state index contributed by atoms with van der Waals surface area (Å²) in [7, 11) is -4.83. The minimum Gasteiger partial charge on any atom is -0.485 e. The fraction of sp³-hybridized carbons (Fsp3) is 0.500. The van der Waals surface area contributed by atoms with E-state index in [0.717, 1.165) is 0 Å².